The molecule has 1 atom stereocenters. The number of benzene rings is 1. The summed E-state index contributed by atoms with van der Waals surface area (Å²) >= 11 is 0. The maximum Gasteiger partial charge on any atom is 0.340 e. The standard InChI is InChI=1S/C16H25N3O2/c1-4-12-11-18(2)9-6-10-19(12)14-8-5-7-13(15(14)17)16(20)21-3/h5,7-8,12H,4,6,9-11,17H2,1-3H3. The van der Waals surface area contributed by atoms with Crippen LogP contribution < -0.4 is 10.6 Å². The number of para-hydroxylation sites is 1. The highest BCUT2D eigenvalue weighted by Crippen LogP contribution is 2.30. The number of carbonyl (C=O) groups excluding carboxylic acids is 1. The number of esters is 1. The molecule has 5 nitrogen and oxygen atoms in total. The molecule has 1 aromatic carbocycles. The van der Waals surface area contributed by atoms with Crippen LogP contribution in [0.25, 0.3) is 0 Å². The SMILES string of the molecule is CCC1CN(C)CCCN1c1cccc(C(=O)OC)c1N. The van der Waals surface area contributed by atoms with E-state index in [9.17, 15) is 4.79 Å². The van der Waals surface area contributed by atoms with Crippen molar-refractivity contribution < 1.29 is 9.53 Å². The maximum atomic E-state index is 11.8. The van der Waals surface area contributed by atoms with Gasteiger partial charge in [-0.25, -0.2) is 4.79 Å². The zero-order valence-electron chi connectivity index (χ0n) is 13.1. The average molecular weight is 291 g/mol. The summed E-state index contributed by atoms with van der Waals surface area (Å²) in [7, 11) is 3.53. The van der Waals surface area contributed by atoms with Crippen molar-refractivity contribution in [2.45, 2.75) is 25.8 Å². The minimum atomic E-state index is -0.380. The van der Waals surface area contributed by atoms with Crippen molar-refractivity contribution >= 4 is 17.3 Å². The summed E-state index contributed by atoms with van der Waals surface area (Å²) in [5.74, 6) is -0.380. The summed E-state index contributed by atoms with van der Waals surface area (Å²) in [5.41, 5.74) is 8.15. The zero-order chi connectivity index (χ0) is 15.4. The van der Waals surface area contributed by atoms with Crippen molar-refractivity contribution in [3.05, 3.63) is 23.8 Å². The van der Waals surface area contributed by atoms with Gasteiger partial charge in [-0.15, -0.1) is 0 Å². The van der Waals surface area contributed by atoms with Crippen molar-refractivity contribution in [1.29, 1.82) is 0 Å². The summed E-state index contributed by atoms with van der Waals surface area (Å²) in [6.07, 6.45) is 2.14. The molecule has 2 rings (SSSR count). The smallest absolute Gasteiger partial charge is 0.340 e. The van der Waals surface area contributed by atoms with Gasteiger partial charge in [-0.2, -0.15) is 0 Å². The van der Waals surface area contributed by atoms with E-state index in [0.717, 1.165) is 38.2 Å². The lowest BCUT2D eigenvalue weighted by molar-refractivity contribution is 0.0602. The predicted molar refractivity (Wildman–Crippen MR) is 85.7 cm³/mol. The van der Waals surface area contributed by atoms with Crippen LogP contribution in [0.3, 0.4) is 0 Å². The number of ether oxygens (including phenoxy) is 1. The first kappa shape index (κ1) is 15.6. The second-order valence-corrected chi connectivity index (χ2v) is 5.60. The van der Waals surface area contributed by atoms with Crippen molar-refractivity contribution in [3.63, 3.8) is 0 Å². The van der Waals surface area contributed by atoms with E-state index in [4.69, 9.17) is 10.5 Å². The quantitative estimate of drug-likeness (QED) is 0.681. The van der Waals surface area contributed by atoms with Crippen LogP contribution in [0.15, 0.2) is 18.2 Å². The first-order valence-electron chi connectivity index (χ1n) is 7.50. The van der Waals surface area contributed by atoms with E-state index in [1.54, 1.807) is 6.07 Å². The number of nitrogens with zero attached hydrogens (tertiary/aromatic N) is 2. The number of nitrogen functional groups attached to an aromatic ring is 1. The van der Waals surface area contributed by atoms with E-state index >= 15 is 0 Å². The lowest BCUT2D eigenvalue weighted by Crippen LogP contribution is -2.40. The maximum absolute atomic E-state index is 11.8. The van der Waals surface area contributed by atoms with Crippen LogP contribution >= 0.6 is 0 Å². The lowest BCUT2D eigenvalue weighted by atomic mass is 10.1. The molecule has 116 valence electrons. The number of hydrogen-bond donors (Lipinski definition) is 1. The lowest BCUT2D eigenvalue weighted by Gasteiger charge is -2.33. The van der Waals surface area contributed by atoms with E-state index in [-0.39, 0.29) is 5.97 Å². The van der Waals surface area contributed by atoms with Crippen molar-refractivity contribution in [2.24, 2.45) is 0 Å². The fraction of sp³-hybridized carbons (Fsp3) is 0.562. The summed E-state index contributed by atoms with van der Waals surface area (Å²) in [6, 6.07) is 6.00. The van der Waals surface area contributed by atoms with Crippen molar-refractivity contribution in [1.82, 2.24) is 4.90 Å². The molecule has 0 radical (unpaired) electrons. The summed E-state index contributed by atoms with van der Waals surface area (Å²) in [5, 5.41) is 0. The van der Waals surface area contributed by atoms with E-state index in [1.807, 2.05) is 12.1 Å². The molecule has 1 aliphatic heterocycles. The first-order chi connectivity index (χ1) is 10.1. The molecule has 0 amide bonds. The van der Waals surface area contributed by atoms with Crippen LogP contribution in [-0.2, 0) is 4.74 Å². The molecule has 0 aliphatic carbocycles. The molecule has 1 heterocycles. The minimum absolute atomic E-state index is 0.380. The fourth-order valence-electron chi connectivity index (χ4n) is 3.00. The topological polar surface area (TPSA) is 58.8 Å². The largest absolute Gasteiger partial charge is 0.465 e. The molecule has 1 aliphatic rings. The molecule has 1 fully saturated rings. The minimum Gasteiger partial charge on any atom is -0.465 e. The van der Waals surface area contributed by atoms with Gasteiger partial charge in [0, 0.05) is 19.1 Å². The second kappa shape index (κ2) is 6.80. The number of nitrogens with two attached hydrogens (primary N) is 1. The normalized spacial score (nSPS) is 20.1. The Kier molecular flexibility index (Phi) is 5.07. The van der Waals surface area contributed by atoms with Crippen LogP contribution in [0, 0.1) is 0 Å². The molecule has 1 unspecified atom stereocenters. The second-order valence-electron chi connectivity index (χ2n) is 5.60. The third kappa shape index (κ3) is 3.29. The number of methoxy groups -OCH3 is 1. The highest BCUT2D eigenvalue weighted by atomic mass is 16.5. The van der Waals surface area contributed by atoms with Crippen molar-refractivity contribution in [3.8, 4) is 0 Å². The van der Waals surface area contributed by atoms with Gasteiger partial charge < -0.3 is 20.3 Å². The summed E-state index contributed by atoms with van der Waals surface area (Å²) in [6.45, 7) is 5.25. The monoisotopic (exact) mass is 291 g/mol. The molecule has 1 saturated heterocycles. The molecule has 0 bridgehead atoms. The van der Waals surface area contributed by atoms with Crippen LogP contribution in [-0.4, -0.2) is 50.7 Å². The number of likely N-dealkylation sites (N-methyl/N-ethyl adjacent to an activating group) is 1. The Morgan fingerprint density at radius 3 is 2.86 bits per heavy atom. The van der Waals surface area contributed by atoms with Gasteiger partial charge in [0.05, 0.1) is 24.0 Å². The van der Waals surface area contributed by atoms with E-state index in [0.29, 0.717) is 17.3 Å². The Labute approximate surface area is 126 Å². The van der Waals surface area contributed by atoms with Crippen LogP contribution in [0.2, 0.25) is 0 Å². The summed E-state index contributed by atoms with van der Waals surface area (Å²) < 4.78 is 4.81. The van der Waals surface area contributed by atoms with Gasteiger partial charge in [0.15, 0.2) is 0 Å². The Balaban J connectivity index is 2.37. The van der Waals surface area contributed by atoms with Gasteiger partial charge in [-0.3, -0.25) is 0 Å². The number of rotatable bonds is 3. The van der Waals surface area contributed by atoms with Gasteiger partial charge >= 0.3 is 5.97 Å². The molecule has 2 N–H and O–H groups in total. The van der Waals surface area contributed by atoms with Gasteiger partial charge in [-0.1, -0.05) is 13.0 Å². The Bertz CT molecular complexity index is 504. The Morgan fingerprint density at radius 1 is 1.43 bits per heavy atom. The first-order valence-corrected chi connectivity index (χ1v) is 7.50. The molecule has 21 heavy (non-hydrogen) atoms. The van der Waals surface area contributed by atoms with E-state index in [1.165, 1.54) is 7.11 Å². The van der Waals surface area contributed by atoms with E-state index < -0.39 is 0 Å². The van der Waals surface area contributed by atoms with E-state index in [2.05, 4.69) is 23.8 Å². The number of hydrogen-bond acceptors (Lipinski definition) is 5. The third-order valence-electron chi connectivity index (χ3n) is 4.17. The average Bonchev–Trinajstić information content (AvgIpc) is 2.68. The number of anilines is 2. The highest BCUT2D eigenvalue weighted by Gasteiger charge is 2.25. The Hall–Kier alpha value is -1.75. The van der Waals surface area contributed by atoms with Gasteiger partial charge in [0.1, 0.15) is 0 Å². The van der Waals surface area contributed by atoms with Gasteiger partial charge in [-0.05, 0) is 38.6 Å². The van der Waals surface area contributed by atoms with Crippen LogP contribution in [0.4, 0.5) is 11.4 Å². The van der Waals surface area contributed by atoms with Gasteiger partial charge in [0.25, 0.3) is 0 Å². The molecular weight excluding hydrogens is 266 g/mol. The van der Waals surface area contributed by atoms with Crippen molar-refractivity contribution in [2.75, 3.05) is 44.4 Å². The molecular formula is C16H25N3O2. The molecule has 1 aromatic rings. The fourth-order valence-corrected chi connectivity index (χ4v) is 3.00. The van der Waals surface area contributed by atoms with Crippen LogP contribution in [0.5, 0.6) is 0 Å². The predicted octanol–water partition coefficient (Wildman–Crippen LogP) is 1.98. The molecule has 5 heteroatoms. The summed E-state index contributed by atoms with van der Waals surface area (Å²) in [4.78, 5) is 16.5. The Morgan fingerprint density at radius 2 is 2.19 bits per heavy atom. The molecule has 0 saturated carbocycles. The molecule has 0 aromatic heterocycles. The van der Waals surface area contributed by atoms with Crippen LogP contribution in [0.1, 0.15) is 30.1 Å². The highest BCUT2D eigenvalue weighted by molar-refractivity contribution is 5.98. The zero-order valence-corrected chi connectivity index (χ0v) is 13.1. The number of carbonyl (C=O) groups is 1. The third-order valence-corrected chi connectivity index (χ3v) is 4.17. The molecule has 0 spiro atoms. The van der Waals surface area contributed by atoms with Gasteiger partial charge in [0.2, 0.25) is 0 Å².